The molecule has 16 heavy (non-hydrogen) atoms. The maximum absolute atomic E-state index is 11.5. The van der Waals surface area contributed by atoms with E-state index in [1.54, 1.807) is 7.05 Å². The number of amides is 2. The van der Waals surface area contributed by atoms with Gasteiger partial charge in [-0.3, -0.25) is 9.59 Å². The normalized spacial score (nSPS) is 26.1. The van der Waals surface area contributed by atoms with Crippen molar-refractivity contribution in [3.8, 4) is 0 Å². The summed E-state index contributed by atoms with van der Waals surface area (Å²) in [7, 11) is 1.59. The summed E-state index contributed by atoms with van der Waals surface area (Å²) in [6.07, 6.45) is 3.51. The van der Waals surface area contributed by atoms with E-state index in [4.69, 9.17) is 0 Å². The Morgan fingerprint density at radius 2 is 2.38 bits per heavy atom. The molecule has 2 amide bonds. The highest BCUT2D eigenvalue weighted by Crippen LogP contribution is 2.20. The van der Waals surface area contributed by atoms with Gasteiger partial charge >= 0.3 is 0 Å². The molecule has 92 valence electrons. The van der Waals surface area contributed by atoms with Crippen LogP contribution < -0.4 is 16.0 Å². The Kier molecular flexibility index (Phi) is 5.25. The van der Waals surface area contributed by atoms with E-state index in [2.05, 4.69) is 22.9 Å². The number of nitrogens with one attached hydrogen (secondary N) is 3. The molecular weight excluding hydrogens is 206 g/mol. The van der Waals surface area contributed by atoms with E-state index in [1.165, 1.54) is 0 Å². The van der Waals surface area contributed by atoms with E-state index in [1.807, 2.05) is 0 Å². The smallest absolute Gasteiger partial charge is 0.242 e. The summed E-state index contributed by atoms with van der Waals surface area (Å²) in [6, 6.07) is 0.163. The van der Waals surface area contributed by atoms with Gasteiger partial charge in [-0.15, -0.1) is 0 Å². The van der Waals surface area contributed by atoms with Crippen LogP contribution in [-0.2, 0) is 9.59 Å². The van der Waals surface area contributed by atoms with Crippen molar-refractivity contribution in [3.05, 3.63) is 0 Å². The monoisotopic (exact) mass is 227 g/mol. The first-order chi connectivity index (χ1) is 7.71. The van der Waals surface area contributed by atoms with Crippen LogP contribution in [0, 0.1) is 5.92 Å². The first-order valence-electron chi connectivity index (χ1n) is 5.85. The first kappa shape index (κ1) is 13.0. The van der Waals surface area contributed by atoms with Crippen molar-refractivity contribution >= 4 is 12.3 Å². The summed E-state index contributed by atoms with van der Waals surface area (Å²) in [5.74, 6) is 0.353. The second-order valence-electron chi connectivity index (χ2n) is 4.30. The van der Waals surface area contributed by atoms with E-state index in [0.29, 0.717) is 24.8 Å². The Morgan fingerprint density at radius 3 is 2.88 bits per heavy atom. The fourth-order valence-electron chi connectivity index (χ4n) is 2.23. The maximum Gasteiger partial charge on any atom is 0.242 e. The van der Waals surface area contributed by atoms with Crippen LogP contribution in [0.15, 0.2) is 0 Å². The molecule has 0 radical (unpaired) electrons. The van der Waals surface area contributed by atoms with Crippen LogP contribution in [0.25, 0.3) is 0 Å². The molecular formula is C11H21N3O2. The van der Waals surface area contributed by atoms with Gasteiger partial charge in [0.1, 0.15) is 6.04 Å². The first-order valence-corrected chi connectivity index (χ1v) is 5.85. The second kappa shape index (κ2) is 6.48. The minimum absolute atomic E-state index is 0.118. The van der Waals surface area contributed by atoms with Gasteiger partial charge < -0.3 is 16.0 Å². The highest BCUT2D eigenvalue weighted by Gasteiger charge is 2.27. The lowest BCUT2D eigenvalue weighted by atomic mass is 9.96. The van der Waals surface area contributed by atoms with Crippen LogP contribution in [0.4, 0.5) is 0 Å². The molecule has 1 aliphatic heterocycles. The molecule has 0 bridgehead atoms. The molecule has 0 aromatic rings. The number of rotatable bonds is 6. The van der Waals surface area contributed by atoms with Gasteiger partial charge in [-0.25, -0.2) is 0 Å². The predicted octanol–water partition coefficient (Wildman–Crippen LogP) is -0.375. The third kappa shape index (κ3) is 3.48. The average Bonchev–Trinajstić information content (AvgIpc) is 2.75. The minimum Gasteiger partial charge on any atom is -0.357 e. The van der Waals surface area contributed by atoms with E-state index in [9.17, 15) is 9.59 Å². The molecule has 0 spiro atoms. The molecule has 1 heterocycles. The summed E-state index contributed by atoms with van der Waals surface area (Å²) in [5, 5.41) is 8.55. The number of carbonyl (C=O) groups is 2. The van der Waals surface area contributed by atoms with Crippen LogP contribution >= 0.6 is 0 Å². The molecule has 0 aromatic heterocycles. The maximum atomic E-state index is 11.5. The summed E-state index contributed by atoms with van der Waals surface area (Å²) in [4.78, 5) is 21.9. The van der Waals surface area contributed by atoms with Crippen LogP contribution in [0.3, 0.4) is 0 Å². The highest BCUT2D eigenvalue weighted by molar-refractivity contribution is 5.83. The molecule has 5 heteroatoms. The lowest BCUT2D eigenvalue weighted by molar-refractivity contribution is -0.125. The standard InChI is InChI=1S/C11H21N3O2/c1-3-9-4-8(6-13-9)5-10(14-7-15)11(16)12-2/h7-10,13H,3-6H2,1-2H3,(H,12,16)(H,14,15)/t8?,9?,10-/m0/s1. The third-order valence-electron chi connectivity index (χ3n) is 3.21. The van der Waals surface area contributed by atoms with Crippen molar-refractivity contribution in [1.29, 1.82) is 0 Å². The third-order valence-corrected chi connectivity index (χ3v) is 3.21. The van der Waals surface area contributed by atoms with E-state index in [0.717, 1.165) is 19.4 Å². The Bertz CT molecular complexity index is 245. The van der Waals surface area contributed by atoms with Crippen molar-refractivity contribution < 1.29 is 9.59 Å². The number of hydrogen-bond acceptors (Lipinski definition) is 3. The minimum atomic E-state index is -0.398. The molecule has 1 fully saturated rings. The van der Waals surface area contributed by atoms with Gasteiger partial charge in [0.25, 0.3) is 0 Å². The summed E-state index contributed by atoms with van der Waals surface area (Å²) >= 11 is 0. The van der Waals surface area contributed by atoms with Crippen LogP contribution in [0.5, 0.6) is 0 Å². The topological polar surface area (TPSA) is 70.2 Å². The second-order valence-corrected chi connectivity index (χ2v) is 4.30. The molecule has 0 saturated carbocycles. The summed E-state index contributed by atoms with van der Waals surface area (Å²) in [5.41, 5.74) is 0. The van der Waals surface area contributed by atoms with Crippen LogP contribution in [0.1, 0.15) is 26.2 Å². The lowest BCUT2D eigenvalue weighted by Gasteiger charge is -2.18. The van der Waals surface area contributed by atoms with Crippen molar-refractivity contribution in [3.63, 3.8) is 0 Å². The van der Waals surface area contributed by atoms with Gasteiger partial charge in [-0.05, 0) is 31.7 Å². The number of carbonyl (C=O) groups excluding carboxylic acids is 2. The zero-order valence-electron chi connectivity index (χ0n) is 9.95. The fraction of sp³-hybridized carbons (Fsp3) is 0.818. The zero-order chi connectivity index (χ0) is 12.0. The Balaban J connectivity index is 2.43. The Labute approximate surface area is 96.4 Å². The van der Waals surface area contributed by atoms with Gasteiger partial charge in [0.05, 0.1) is 0 Å². The molecule has 3 N–H and O–H groups in total. The number of likely N-dealkylation sites (N-methyl/N-ethyl adjacent to an activating group) is 1. The van der Waals surface area contributed by atoms with Gasteiger partial charge in [-0.1, -0.05) is 6.92 Å². The van der Waals surface area contributed by atoms with E-state index >= 15 is 0 Å². The fourth-order valence-corrected chi connectivity index (χ4v) is 2.23. The van der Waals surface area contributed by atoms with Gasteiger partial charge in [-0.2, -0.15) is 0 Å². The van der Waals surface area contributed by atoms with Crippen molar-refractivity contribution in [1.82, 2.24) is 16.0 Å². The summed E-state index contributed by atoms with van der Waals surface area (Å²) in [6.45, 7) is 3.09. The molecule has 0 aromatic carbocycles. The predicted molar refractivity (Wildman–Crippen MR) is 61.9 cm³/mol. The highest BCUT2D eigenvalue weighted by atomic mass is 16.2. The molecule has 5 nitrogen and oxygen atoms in total. The van der Waals surface area contributed by atoms with Gasteiger partial charge in [0.15, 0.2) is 0 Å². The van der Waals surface area contributed by atoms with E-state index in [-0.39, 0.29) is 5.91 Å². The van der Waals surface area contributed by atoms with Crippen LogP contribution in [-0.4, -0.2) is 38.0 Å². The molecule has 3 atom stereocenters. The van der Waals surface area contributed by atoms with Gasteiger partial charge in [0, 0.05) is 13.1 Å². The molecule has 1 aliphatic rings. The molecule has 2 unspecified atom stereocenters. The molecule has 1 rings (SSSR count). The van der Waals surface area contributed by atoms with Crippen molar-refractivity contribution in [2.24, 2.45) is 5.92 Å². The SMILES string of the molecule is CCC1CC(C[C@H](NC=O)C(=O)NC)CN1. The van der Waals surface area contributed by atoms with Crippen molar-refractivity contribution in [2.75, 3.05) is 13.6 Å². The van der Waals surface area contributed by atoms with Gasteiger partial charge in [0.2, 0.25) is 12.3 Å². The largest absolute Gasteiger partial charge is 0.357 e. The number of hydrogen-bond donors (Lipinski definition) is 3. The van der Waals surface area contributed by atoms with Crippen LogP contribution in [0.2, 0.25) is 0 Å². The van der Waals surface area contributed by atoms with E-state index < -0.39 is 6.04 Å². The molecule has 0 aliphatic carbocycles. The Morgan fingerprint density at radius 1 is 1.62 bits per heavy atom. The lowest BCUT2D eigenvalue weighted by Crippen LogP contribution is -2.43. The summed E-state index contributed by atoms with van der Waals surface area (Å²) < 4.78 is 0. The van der Waals surface area contributed by atoms with Crippen molar-refractivity contribution in [2.45, 2.75) is 38.3 Å². The quantitative estimate of drug-likeness (QED) is 0.542. The Hall–Kier alpha value is -1.10. The average molecular weight is 227 g/mol. The molecule has 1 saturated heterocycles. The zero-order valence-corrected chi connectivity index (χ0v) is 9.95.